The van der Waals surface area contributed by atoms with Crippen LogP contribution in [0.5, 0.6) is 0 Å². The molecule has 2 aliphatic rings. The van der Waals surface area contributed by atoms with Crippen LogP contribution >= 0.6 is 0 Å². The topological polar surface area (TPSA) is 29.1 Å². The third kappa shape index (κ3) is 2.64. The van der Waals surface area contributed by atoms with Crippen LogP contribution in [0.3, 0.4) is 0 Å². The summed E-state index contributed by atoms with van der Waals surface area (Å²) in [6.45, 7) is 0.903. The zero-order chi connectivity index (χ0) is 13.1. The van der Waals surface area contributed by atoms with Gasteiger partial charge in [0, 0.05) is 6.54 Å². The molecule has 1 N–H and O–H groups in total. The Labute approximate surface area is 114 Å². The van der Waals surface area contributed by atoms with Crippen LogP contribution in [0.2, 0.25) is 0 Å². The third-order valence-corrected chi connectivity index (χ3v) is 4.23. The van der Waals surface area contributed by atoms with Crippen molar-refractivity contribution in [2.45, 2.75) is 44.6 Å². The fourth-order valence-electron chi connectivity index (χ4n) is 3.16. The first-order valence-corrected chi connectivity index (χ1v) is 7.41. The molecule has 0 saturated carbocycles. The van der Waals surface area contributed by atoms with Gasteiger partial charge in [-0.1, -0.05) is 36.8 Å². The molecule has 19 heavy (non-hydrogen) atoms. The summed E-state index contributed by atoms with van der Waals surface area (Å²) >= 11 is 0. The highest BCUT2D eigenvalue weighted by Crippen LogP contribution is 2.28. The molecular weight excluding hydrogens is 234 g/mol. The van der Waals surface area contributed by atoms with Crippen LogP contribution in [0.15, 0.2) is 35.9 Å². The molecule has 2 heteroatoms. The number of rotatable bonds is 2. The van der Waals surface area contributed by atoms with Gasteiger partial charge in [0.1, 0.15) is 0 Å². The minimum absolute atomic E-state index is 0.116. The van der Waals surface area contributed by atoms with Crippen molar-refractivity contribution in [2.75, 3.05) is 6.54 Å². The molecule has 0 radical (unpaired) electrons. The monoisotopic (exact) mass is 255 g/mol. The maximum absolute atomic E-state index is 12.7. The molecule has 0 amide bonds. The molecule has 1 aromatic carbocycles. The smallest absolute Gasteiger partial charge is 0.179 e. The highest BCUT2D eigenvalue weighted by atomic mass is 16.1. The highest BCUT2D eigenvalue weighted by molar-refractivity contribution is 6.00. The van der Waals surface area contributed by atoms with Crippen LogP contribution in [-0.2, 0) is 11.2 Å². The van der Waals surface area contributed by atoms with E-state index in [1.807, 2.05) is 6.07 Å². The van der Waals surface area contributed by atoms with Crippen molar-refractivity contribution in [3.8, 4) is 0 Å². The van der Waals surface area contributed by atoms with E-state index in [-0.39, 0.29) is 6.04 Å². The minimum Gasteiger partial charge on any atom is -0.303 e. The molecule has 1 atom stereocenters. The number of carbonyl (C=O) groups is 1. The Balaban J connectivity index is 1.86. The van der Waals surface area contributed by atoms with Crippen molar-refractivity contribution in [1.82, 2.24) is 5.32 Å². The molecule has 0 spiro atoms. The molecule has 0 aromatic heterocycles. The lowest BCUT2D eigenvalue weighted by Gasteiger charge is -2.26. The van der Waals surface area contributed by atoms with Crippen molar-refractivity contribution < 1.29 is 4.79 Å². The van der Waals surface area contributed by atoms with Gasteiger partial charge in [0.25, 0.3) is 0 Å². The van der Waals surface area contributed by atoms with E-state index in [0.29, 0.717) is 5.78 Å². The summed E-state index contributed by atoms with van der Waals surface area (Å²) in [5.74, 6) is 0.300. The van der Waals surface area contributed by atoms with Crippen LogP contribution < -0.4 is 5.32 Å². The van der Waals surface area contributed by atoms with E-state index in [1.165, 1.54) is 24.0 Å². The summed E-state index contributed by atoms with van der Waals surface area (Å²) in [4.78, 5) is 12.7. The van der Waals surface area contributed by atoms with Crippen LogP contribution in [0.4, 0.5) is 0 Å². The maximum Gasteiger partial charge on any atom is 0.179 e. The van der Waals surface area contributed by atoms with Gasteiger partial charge < -0.3 is 5.32 Å². The molecule has 2 nitrogen and oxygen atoms in total. The van der Waals surface area contributed by atoms with E-state index in [9.17, 15) is 4.79 Å². The van der Waals surface area contributed by atoms with Gasteiger partial charge in [-0.15, -0.1) is 0 Å². The molecule has 1 heterocycles. The van der Waals surface area contributed by atoms with Gasteiger partial charge in [0.05, 0.1) is 6.04 Å². The summed E-state index contributed by atoms with van der Waals surface area (Å²) in [6, 6.07) is 8.23. The number of hydrogen-bond acceptors (Lipinski definition) is 2. The zero-order valence-corrected chi connectivity index (χ0v) is 11.3. The van der Waals surface area contributed by atoms with Crippen LogP contribution in [0.25, 0.3) is 0 Å². The number of carbonyl (C=O) groups excluding carboxylic acids is 1. The van der Waals surface area contributed by atoms with Gasteiger partial charge >= 0.3 is 0 Å². The van der Waals surface area contributed by atoms with E-state index in [2.05, 4.69) is 29.6 Å². The number of ketones is 1. The molecule has 0 bridgehead atoms. The van der Waals surface area contributed by atoms with E-state index in [0.717, 1.165) is 37.8 Å². The van der Waals surface area contributed by atoms with Crippen molar-refractivity contribution in [3.63, 3.8) is 0 Å². The second-order valence-corrected chi connectivity index (χ2v) is 5.53. The number of benzene rings is 1. The Morgan fingerprint density at radius 1 is 1.11 bits per heavy atom. The van der Waals surface area contributed by atoms with Crippen molar-refractivity contribution in [3.05, 3.63) is 47.0 Å². The summed E-state index contributed by atoms with van der Waals surface area (Å²) in [7, 11) is 0. The van der Waals surface area contributed by atoms with Gasteiger partial charge in [-0.3, -0.25) is 4.79 Å². The highest BCUT2D eigenvalue weighted by Gasteiger charge is 2.27. The summed E-state index contributed by atoms with van der Waals surface area (Å²) in [5.41, 5.74) is 3.56. The Morgan fingerprint density at radius 3 is 2.95 bits per heavy atom. The fourth-order valence-corrected chi connectivity index (χ4v) is 3.16. The number of nitrogens with one attached hydrogen (secondary N) is 1. The molecule has 3 rings (SSSR count). The lowest BCUT2D eigenvalue weighted by atomic mass is 9.88. The van der Waals surface area contributed by atoms with Crippen LogP contribution in [0, 0.1) is 0 Å². The fraction of sp³-hybridized carbons (Fsp3) is 0.471. The van der Waals surface area contributed by atoms with Crippen molar-refractivity contribution in [2.24, 2.45) is 0 Å². The maximum atomic E-state index is 12.7. The first-order valence-electron chi connectivity index (χ1n) is 7.41. The van der Waals surface area contributed by atoms with Gasteiger partial charge in [-0.25, -0.2) is 0 Å². The van der Waals surface area contributed by atoms with E-state index >= 15 is 0 Å². The molecular formula is C17H21NO. The lowest BCUT2D eigenvalue weighted by molar-refractivity contribution is -0.117. The standard InChI is InChI=1S/C17H21NO/c19-17(14-8-3-1-2-4-9-14)16-15-10-6-5-7-13(15)11-12-18-16/h5-8,10,16,18H,1-4,9,11-12H2. The molecule has 1 aliphatic heterocycles. The molecule has 0 fully saturated rings. The number of Topliss-reactive ketones (excluding diaryl/α,β-unsaturated/α-hetero) is 1. The SMILES string of the molecule is O=C(C1=CCCCCC1)C1NCCc2ccccc21. The zero-order valence-electron chi connectivity index (χ0n) is 11.3. The van der Waals surface area contributed by atoms with Gasteiger partial charge in [0.2, 0.25) is 0 Å². The molecule has 1 aliphatic carbocycles. The predicted molar refractivity (Wildman–Crippen MR) is 77.1 cm³/mol. The second-order valence-electron chi connectivity index (χ2n) is 5.53. The van der Waals surface area contributed by atoms with Gasteiger partial charge in [-0.2, -0.15) is 0 Å². The Kier molecular flexibility index (Phi) is 3.79. The van der Waals surface area contributed by atoms with Gasteiger partial charge in [0.15, 0.2) is 5.78 Å². The molecule has 1 unspecified atom stereocenters. The first-order chi connectivity index (χ1) is 9.36. The molecule has 100 valence electrons. The van der Waals surface area contributed by atoms with Crippen LogP contribution in [-0.4, -0.2) is 12.3 Å². The second kappa shape index (κ2) is 5.70. The van der Waals surface area contributed by atoms with E-state index < -0.39 is 0 Å². The normalized spacial score (nSPS) is 23.2. The first kappa shape index (κ1) is 12.6. The van der Waals surface area contributed by atoms with Gasteiger partial charge in [-0.05, 0) is 48.8 Å². The quantitative estimate of drug-likeness (QED) is 0.878. The minimum atomic E-state index is -0.116. The Bertz CT molecular complexity index is 504. The lowest BCUT2D eigenvalue weighted by Crippen LogP contribution is -2.35. The summed E-state index contributed by atoms with van der Waals surface area (Å²) in [5, 5.41) is 3.40. The average molecular weight is 255 g/mol. The van der Waals surface area contributed by atoms with Crippen molar-refractivity contribution >= 4 is 5.78 Å². The third-order valence-electron chi connectivity index (χ3n) is 4.23. The molecule has 0 saturated heterocycles. The Morgan fingerprint density at radius 2 is 2.00 bits per heavy atom. The van der Waals surface area contributed by atoms with E-state index in [1.54, 1.807) is 0 Å². The van der Waals surface area contributed by atoms with Crippen molar-refractivity contribution in [1.29, 1.82) is 0 Å². The average Bonchev–Trinajstić information content (AvgIpc) is 2.75. The van der Waals surface area contributed by atoms with Crippen LogP contribution in [0.1, 0.15) is 49.3 Å². The number of fused-ring (bicyclic) bond motifs is 1. The largest absolute Gasteiger partial charge is 0.303 e. The number of hydrogen-bond donors (Lipinski definition) is 1. The summed E-state index contributed by atoms with van der Waals surface area (Å²) < 4.78 is 0. The predicted octanol–water partition coefficient (Wildman–Crippen LogP) is 3.33. The Hall–Kier alpha value is -1.41. The molecule has 1 aromatic rings. The van der Waals surface area contributed by atoms with E-state index in [4.69, 9.17) is 0 Å². The summed E-state index contributed by atoms with van der Waals surface area (Å²) in [6.07, 6.45) is 8.86. The number of allylic oxidation sites excluding steroid dienone is 1.